The maximum Gasteiger partial charge on any atom is 0.339 e. The number of carbonyl (C=O) groups excluding carboxylic acids is 2. The molecule has 0 aliphatic carbocycles. The number of ether oxygens (including phenoxy) is 1. The third kappa shape index (κ3) is 4.07. The normalized spacial score (nSPS) is 11.6. The van der Waals surface area contributed by atoms with Crippen molar-refractivity contribution in [2.75, 3.05) is 11.1 Å². The van der Waals surface area contributed by atoms with Crippen LogP contribution in [0.5, 0.6) is 0 Å². The second-order valence-electron chi connectivity index (χ2n) is 6.13. The topological polar surface area (TPSA) is 125 Å². The van der Waals surface area contributed by atoms with E-state index in [0.717, 1.165) is 16.8 Å². The minimum atomic E-state index is -1.10. The minimum Gasteiger partial charge on any atom is -0.449 e. The Morgan fingerprint density at radius 3 is 2.50 bits per heavy atom. The molecule has 0 aromatic heterocycles. The minimum absolute atomic E-state index is 0.0637. The van der Waals surface area contributed by atoms with Crippen LogP contribution in [0.4, 0.5) is 17.1 Å². The molecule has 1 amide bonds. The lowest BCUT2D eigenvalue weighted by Gasteiger charge is -2.14. The number of anilines is 2. The number of nitrogen functional groups attached to an aromatic ring is 1. The first-order valence-corrected chi connectivity index (χ1v) is 8.39. The first-order valence-electron chi connectivity index (χ1n) is 8.39. The Bertz CT molecular complexity index is 1080. The third-order valence-corrected chi connectivity index (χ3v) is 4.13. The van der Waals surface area contributed by atoms with Crippen molar-refractivity contribution in [3.8, 4) is 0 Å². The molecule has 8 nitrogen and oxygen atoms in total. The predicted molar refractivity (Wildman–Crippen MR) is 105 cm³/mol. The number of benzene rings is 3. The van der Waals surface area contributed by atoms with E-state index >= 15 is 0 Å². The van der Waals surface area contributed by atoms with Gasteiger partial charge in [-0.15, -0.1) is 0 Å². The van der Waals surface area contributed by atoms with Gasteiger partial charge in [0.2, 0.25) is 0 Å². The van der Waals surface area contributed by atoms with E-state index < -0.39 is 28.6 Å². The Morgan fingerprint density at radius 1 is 1.07 bits per heavy atom. The van der Waals surface area contributed by atoms with Gasteiger partial charge in [-0.25, -0.2) is 4.79 Å². The van der Waals surface area contributed by atoms with Gasteiger partial charge < -0.3 is 15.8 Å². The van der Waals surface area contributed by atoms with Crippen LogP contribution in [-0.4, -0.2) is 22.9 Å². The molecule has 142 valence electrons. The highest BCUT2D eigenvalue weighted by Crippen LogP contribution is 2.23. The largest absolute Gasteiger partial charge is 0.449 e. The molecule has 0 saturated carbocycles. The number of hydrogen-bond donors (Lipinski definition) is 2. The Morgan fingerprint density at radius 2 is 1.79 bits per heavy atom. The summed E-state index contributed by atoms with van der Waals surface area (Å²) in [5.41, 5.74) is 5.54. The molecule has 8 heteroatoms. The van der Waals surface area contributed by atoms with E-state index in [2.05, 4.69) is 5.32 Å². The molecular formula is C20H17N3O5. The molecular weight excluding hydrogens is 362 g/mol. The first kappa shape index (κ1) is 18.8. The molecule has 0 bridgehead atoms. The van der Waals surface area contributed by atoms with Gasteiger partial charge in [-0.1, -0.05) is 30.3 Å². The number of fused-ring (bicyclic) bond motifs is 1. The number of nitro benzene ring substituents is 1. The zero-order valence-electron chi connectivity index (χ0n) is 14.9. The molecule has 0 radical (unpaired) electrons. The van der Waals surface area contributed by atoms with E-state index in [1.165, 1.54) is 19.1 Å². The van der Waals surface area contributed by atoms with Gasteiger partial charge in [0, 0.05) is 11.8 Å². The lowest BCUT2D eigenvalue weighted by atomic mass is 10.1. The molecule has 3 N–H and O–H groups in total. The Kier molecular flexibility index (Phi) is 5.21. The van der Waals surface area contributed by atoms with Crippen LogP contribution in [0.15, 0.2) is 60.7 Å². The van der Waals surface area contributed by atoms with E-state index in [0.29, 0.717) is 5.69 Å². The van der Waals surface area contributed by atoms with Crippen LogP contribution in [0.25, 0.3) is 10.8 Å². The van der Waals surface area contributed by atoms with Crippen LogP contribution in [0.3, 0.4) is 0 Å². The molecule has 1 atom stereocenters. The molecule has 0 aliphatic rings. The van der Waals surface area contributed by atoms with E-state index in [9.17, 15) is 19.7 Å². The average molecular weight is 379 g/mol. The summed E-state index contributed by atoms with van der Waals surface area (Å²) in [6.45, 7) is 1.42. The van der Waals surface area contributed by atoms with Gasteiger partial charge in [-0.3, -0.25) is 14.9 Å². The fourth-order valence-electron chi connectivity index (χ4n) is 2.62. The molecule has 28 heavy (non-hydrogen) atoms. The standard InChI is InChI=1S/C20H17N3O5/c1-12(28-20(25)15-7-9-17(21)18(11-15)23(26)27)19(24)22-16-8-6-13-4-2-3-5-14(13)10-16/h2-12H,21H2,1H3,(H,22,24)/t12-/m1/s1. The van der Waals surface area contributed by atoms with E-state index in [-0.39, 0.29) is 11.3 Å². The Balaban J connectivity index is 1.68. The van der Waals surface area contributed by atoms with Crippen LogP contribution < -0.4 is 11.1 Å². The van der Waals surface area contributed by atoms with Crippen LogP contribution in [0, 0.1) is 10.1 Å². The zero-order chi connectivity index (χ0) is 20.3. The summed E-state index contributed by atoms with van der Waals surface area (Å²) in [7, 11) is 0. The van der Waals surface area contributed by atoms with Crippen LogP contribution in [0.2, 0.25) is 0 Å². The molecule has 0 spiro atoms. The van der Waals surface area contributed by atoms with Crippen molar-refractivity contribution in [2.45, 2.75) is 13.0 Å². The quantitative estimate of drug-likeness (QED) is 0.302. The van der Waals surface area contributed by atoms with Gasteiger partial charge in [0.25, 0.3) is 11.6 Å². The van der Waals surface area contributed by atoms with Crippen molar-refractivity contribution in [1.82, 2.24) is 0 Å². The lowest BCUT2D eigenvalue weighted by Crippen LogP contribution is -2.30. The van der Waals surface area contributed by atoms with Crippen LogP contribution >= 0.6 is 0 Å². The fourth-order valence-corrected chi connectivity index (χ4v) is 2.62. The highest BCUT2D eigenvalue weighted by atomic mass is 16.6. The Labute approximate surface area is 160 Å². The summed E-state index contributed by atoms with van der Waals surface area (Å²) in [6.07, 6.45) is -1.10. The van der Waals surface area contributed by atoms with Gasteiger partial charge in [-0.2, -0.15) is 0 Å². The third-order valence-electron chi connectivity index (χ3n) is 4.13. The molecule has 0 fully saturated rings. The van der Waals surface area contributed by atoms with Gasteiger partial charge in [0.05, 0.1) is 10.5 Å². The summed E-state index contributed by atoms with van der Waals surface area (Å²) >= 11 is 0. The number of hydrogen-bond acceptors (Lipinski definition) is 6. The van der Waals surface area contributed by atoms with Gasteiger partial charge >= 0.3 is 5.97 Å². The van der Waals surface area contributed by atoms with Crippen molar-refractivity contribution < 1.29 is 19.2 Å². The van der Waals surface area contributed by atoms with Crippen molar-refractivity contribution in [2.24, 2.45) is 0 Å². The SMILES string of the molecule is C[C@@H](OC(=O)c1ccc(N)c([N+](=O)[O-])c1)C(=O)Nc1ccc2ccccc2c1. The maximum absolute atomic E-state index is 12.3. The number of carbonyl (C=O) groups is 2. The summed E-state index contributed by atoms with van der Waals surface area (Å²) in [4.78, 5) is 34.8. The number of amides is 1. The summed E-state index contributed by atoms with van der Waals surface area (Å²) < 4.78 is 5.12. The first-order chi connectivity index (χ1) is 13.3. The van der Waals surface area contributed by atoms with Gasteiger partial charge in [0.1, 0.15) is 5.69 Å². The highest BCUT2D eigenvalue weighted by molar-refractivity contribution is 5.99. The van der Waals surface area contributed by atoms with Gasteiger partial charge in [0.15, 0.2) is 6.10 Å². The molecule has 3 aromatic carbocycles. The smallest absolute Gasteiger partial charge is 0.339 e. The van der Waals surface area contributed by atoms with E-state index in [1.807, 2.05) is 36.4 Å². The number of nitrogens with one attached hydrogen (secondary N) is 1. The fraction of sp³-hybridized carbons (Fsp3) is 0.100. The maximum atomic E-state index is 12.3. The summed E-state index contributed by atoms with van der Waals surface area (Å²) in [5.74, 6) is -1.38. The molecule has 0 heterocycles. The van der Waals surface area contributed by atoms with Crippen LogP contribution in [-0.2, 0) is 9.53 Å². The molecule has 3 rings (SSSR count). The number of nitrogens with zero attached hydrogens (tertiary/aromatic N) is 1. The van der Waals surface area contributed by atoms with Crippen molar-refractivity contribution in [3.63, 3.8) is 0 Å². The lowest BCUT2D eigenvalue weighted by molar-refractivity contribution is -0.383. The zero-order valence-corrected chi connectivity index (χ0v) is 14.9. The average Bonchev–Trinajstić information content (AvgIpc) is 2.67. The molecule has 3 aromatic rings. The second kappa shape index (κ2) is 7.75. The highest BCUT2D eigenvalue weighted by Gasteiger charge is 2.21. The van der Waals surface area contributed by atoms with E-state index in [1.54, 1.807) is 6.07 Å². The van der Waals surface area contributed by atoms with Crippen LogP contribution in [0.1, 0.15) is 17.3 Å². The van der Waals surface area contributed by atoms with Crippen molar-refractivity contribution in [1.29, 1.82) is 0 Å². The molecule has 0 unspecified atom stereocenters. The second-order valence-corrected chi connectivity index (χ2v) is 6.13. The Hall–Kier alpha value is -3.94. The number of nitrogens with two attached hydrogens (primary N) is 1. The summed E-state index contributed by atoms with van der Waals surface area (Å²) in [5, 5.41) is 15.6. The number of rotatable bonds is 5. The monoisotopic (exact) mass is 379 g/mol. The molecule has 0 aliphatic heterocycles. The van der Waals surface area contributed by atoms with Crippen molar-refractivity contribution >= 4 is 39.7 Å². The number of nitro groups is 1. The van der Waals surface area contributed by atoms with Crippen molar-refractivity contribution in [3.05, 3.63) is 76.3 Å². The predicted octanol–water partition coefficient (Wildman–Crippen LogP) is 3.51. The molecule has 0 saturated heterocycles. The number of esters is 1. The summed E-state index contributed by atoms with van der Waals surface area (Å²) in [6, 6.07) is 16.7. The van der Waals surface area contributed by atoms with E-state index in [4.69, 9.17) is 10.5 Å². The van der Waals surface area contributed by atoms with Gasteiger partial charge in [-0.05, 0) is 42.0 Å².